The number of alkyl halides is 3. The third-order valence-corrected chi connectivity index (χ3v) is 10.2. The lowest BCUT2D eigenvalue weighted by atomic mass is 9.88. The highest BCUT2D eigenvalue weighted by atomic mass is 32.2. The molecule has 0 atom stereocenters. The molecular formula is C30H39F3N4O5S. The minimum absolute atomic E-state index is 0.0194. The van der Waals surface area contributed by atoms with Gasteiger partial charge < -0.3 is 19.5 Å². The number of nitrogens with one attached hydrogen (secondary N) is 2. The highest BCUT2D eigenvalue weighted by Gasteiger charge is 2.49. The summed E-state index contributed by atoms with van der Waals surface area (Å²) in [6.07, 6.45) is 0.312. The van der Waals surface area contributed by atoms with Crippen molar-refractivity contribution < 1.29 is 35.9 Å². The van der Waals surface area contributed by atoms with Crippen molar-refractivity contribution in [1.29, 1.82) is 0 Å². The Morgan fingerprint density at radius 2 is 1.79 bits per heavy atom. The van der Waals surface area contributed by atoms with Crippen LogP contribution < -0.4 is 10.0 Å². The number of benzene rings is 1. The summed E-state index contributed by atoms with van der Waals surface area (Å²) < 4.78 is 78.6. The number of sulfonamides is 1. The molecule has 43 heavy (non-hydrogen) atoms. The van der Waals surface area contributed by atoms with Crippen LogP contribution in [0.3, 0.4) is 0 Å². The van der Waals surface area contributed by atoms with E-state index in [0.29, 0.717) is 36.0 Å². The van der Waals surface area contributed by atoms with Crippen molar-refractivity contribution in [3.8, 4) is 11.3 Å². The molecule has 2 amide bonds. The van der Waals surface area contributed by atoms with Gasteiger partial charge in [0.15, 0.2) is 0 Å². The van der Waals surface area contributed by atoms with Gasteiger partial charge in [0.1, 0.15) is 6.61 Å². The highest BCUT2D eigenvalue weighted by Crippen LogP contribution is 2.39. The molecule has 236 valence electrons. The van der Waals surface area contributed by atoms with Crippen LogP contribution in [-0.2, 0) is 32.3 Å². The number of aromatic nitrogens is 1. The molecule has 3 heterocycles. The molecule has 3 aliphatic rings. The molecule has 2 saturated heterocycles. The Kier molecular flexibility index (Phi) is 8.23. The monoisotopic (exact) mass is 624 g/mol. The molecule has 9 nitrogen and oxygen atoms in total. The summed E-state index contributed by atoms with van der Waals surface area (Å²) in [5, 5.41) is 2.90. The summed E-state index contributed by atoms with van der Waals surface area (Å²) >= 11 is 0. The second-order valence-electron chi connectivity index (χ2n) is 13.2. The Morgan fingerprint density at radius 1 is 1.12 bits per heavy atom. The van der Waals surface area contributed by atoms with E-state index in [4.69, 9.17) is 4.74 Å². The molecule has 0 radical (unpaired) electrons. The Morgan fingerprint density at radius 3 is 2.40 bits per heavy atom. The van der Waals surface area contributed by atoms with Gasteiger partial charge in [0, 0.05) is 36.6 Å². The summed E-state index contributed by atoms with van der Waals surface area (Å²) in [5.74, 6) is -0.212. The van der Waals surface area contributed by atoms with Gasteiger partial charge in [-0.2, -0.15) is 13.2 Å². The van der Waals surface area contributed by atoms with E-state index < -0.39 is 37.7 Å². The minimum atomic E-state index is -4.94. The molecule has 1 saturated carbocycles. The average molecular weight is 625 g/mol. The van der Waals surface area contributed by atoms with E-state index in [1.807, 2.05) is 4.57 Å². The lowest BCUT2D eigenvalue weighted by molar-refractivity contribution is -0.141. The Balaban J connectivity index is 1.54. The smallest absolute Gasteiger partial charge is 0.369 e. The Bertz CT molecular complexity index is 1520. The summed E-state index contributed by atoms with van der Waals surface area (Å²) in [7, 11) is -4.48. The molecular weight excluding hydrogens is 585 g/mol. The Hall–Kier alpha value is -2.90. The zero-order valence-electron chi connectivity index (χ0n) is 24.9. The number of ether oxygens (including phenoxy) is 1. The normalized spacial score (nSPS) is 19.8. The molecule has 1 aromatic heterocycles. The van der Waals surface area contributed by atoms with E-state index in [1.54, 1.807) is 38.7 Å². The van der Waals surface area contributed by atoms with E-state index >= 15 is 0 Å². The van der Waals surface area contributed by atoms with Gasteiger partial charge in [-0.25, -0.2) is 13.1 Å². The zero-order valence-corrected chi connectivity index (χ0v) is 25.8. The predicted molar refractivity (Wildman–Crippen MR) is 154 cm³/mol. The molecule has 2 N–H and O–H groups in total. The maximum atomic E-state index is 14.4. The van der Waals surface area contributed by atoms with E-state index in [2.05, 4.69) is 10.0 Å². The maximum Gasteiger partial charge on any atom is 0.417 e. The van der Waals surface area contributed by atoms with Crippen LogP contribution in [0.1, 0.15) is 74.5 Å². The molecule has 1 aromatic carbocycles. The first-order chi connectivity index (χ1) is 20.0. The number of nitrogens with zero attached hydrogens (tertiary/aromatic N) is 2. The molecule has 0 bridgehead atoms. The van der Waals surface area contributed by atoms with Crippen molar-refractivity contribution >= 4 is 21.8 Å². The van der Waals surface area contributed by atoms with Crippen molar-refractivity contribution in [2.75, 3.05) is 26.3 Å². The van der Waals surface area contributed by atoms with Crippen LogP contribution in [0.4, 0.5) is 13.2 Å². The molecule has 2 aromatic rings. The van der Waals surface area contributed by atoms with Gasteiger partial charge in [-0.05, 0) is 70.2 Å². The summed E-state index contributed by atoms with van der Waals surface area (Å²) in [4.78, 5) is 26.3. The molecule has 3 fully saturated rings. The fraction of sp³-hybridized carbons (Fsp3) is 0.600. The first-order valence-electron chi connectivity index (χ1n) is 14.6. The van der Waals surface area contributed by atoms with E-state index in [-0.39, 0.29) is 37.1 Å². The van der Waals surface area contributed by atoms with E-state index in [9.17, 15) is 31.2 Å². The second-order valence-corrected chi connectivity index (χ2v) is 14.8. The number of hydrogen-bond acceptors (Lipinski definition) is 5. The molecule has 2 aliphatic heterocycles. The summed E-state index contributed by atoms with van der Waals surface area (Å²) in [6.45, 7) is 7.82. The average Bonchev–Trinajstić information content (AvgIpc) is 3.21. The predicted octanol–water partition coefficient (Wildman–Crippen LogP) is 4.48. The van der Waals surface area contributed by atoms with Crippen molar-refractivity contribution in [3.63, 3.8) is 0 Å². The van der Waals surface area contributed by atoms with Crippen molar-refractivity contribution in [2.24, 2.45) is 5.92 Å². The summed E-state index contributed by atoms with van der Waals surface area (Å²) in [6, 6.07) is 4.84. The number of likely N-dealkylation sites (tertiary alicyclic amines) is 1. The van der Waals surface area contributed by atoms with Crippen molar-refractivity contribution in [2.45, 2.75) is 88.5 Å². The quantitative estimate of drug-likeness (QED) is 0.493. The largest absolute Gasteiger partial charge is 0.417 e. The first-order valence-corrected chi connectivity index (χ1v) is 16.1. The van der Waals surface area contributed by atoms with E-state index in [1.165, 1.54) is 6.07 Å². The zero-order chi connectivity index (χ0) is 31.4. The van der Waals surface area contributed by atoms with Crippen LogP contribution in [-0.4, -0.2) is 67.1 Å². The van der Waals surface area contributed by atoms with Gasteiger partial charge in [-0.15, -0.1) is 0 Å². The fourth-order valence-electron chi connectivity index (χ4n) is 6.44. The van der Waals surface area contributed by atoms with Crippen LogP contribution in [0.25, 0.3) is 11.3 Å². The van der Waals surface area contributed by atoms with Crippen LogP contribution in [0.2, 0.25) is 0 Å². The fourth-order valence-corrected chi connectivity index (χ4v) is 8.07. The standard InChI is InChI=1S/C30H39F3N4O5S/c1-19-22(27(39)36-16-29(17-36)18-42-15-26(38)34-29)13-24(37(19)14-20-8-6-5-7-9-20)21-10-11-25(23(12-21)30(31,32)33)43(40,41)35-28(2,3)4/h10-13,20,35H,5-9,14-18H2,1-4H3,(H,34,38). The summed E-state index contributed by atoms with van der Waals surface area (Å²) in [5.41, 5.74) is -1.28. The van der Waals surface area contributed by atoms with Gasteiger partial charge in [-0.1, -0.05) is 25.3 Å². The molecule has 5 rings (SSSR count). The van der Waals surface area contributed by atoms with Gasteiger partial charge >= 0.3 is 6.18 Å². The number of amides is 2. The lowest BCUT2D eigenvalue weighted by Crippen LogP contribution is -2.75. The number of hydrogen-bond donors (Lipinski definition) is 2. The number of morpholine rings is 1. The van der Waals surface area contributed by atoms with Gasteiger partial charge in [0.05, 0.1) is 28.2 Å². The topological polar surface area (TPSA) is 110 Å². The van der Waals surface area contributed by atoms with Crippen molar-refractivity contribution in [1.82, 2.24) is 19.5 Å². The van der Waals surface area contributed by atoms with Crippen LogP contribution in [0, 0.1) is 12.8 Å². The maximum absolute atomic E-state index is 14.4. The number of halogens is 3. The van der Waals surface area contributed by atoms with E-state index in [0.717, 1.165) is 44.2 Å². The van der Waals surface area contributed by atoms with Gasteiger partial charge in [0.2, 0.25) is 15.9 Å². The number of rotatable bonds is 6. The highest BCUT2D eigenvalue weighted by molar-refractivity contribution is 7.89. The molecule has 0 unspecified atom stereocenters. The lowest BCUT2D eigenvalue weighted by Gasteiger charge is -2.51. The van der Waals surface area contributed by atoms with Crippen LogP contribution in [0.5, 0.6) is 0 Å². The number of carbonyl (C=O) groups is 2. The second kappa shape index (κ2) is 11.2. The SMILES string of the molecule is Cc1c(C(=O)N2CC3(COCC(=O)N3)C2)cc(-c2ccc(S(=O)(=O)NC(C)(C)C)c(C(F)(F)F)c2)n1CC1CCCCC1. The third-order valence-electron chi connectivity index (χ3n) is 8.36. The first kappa shape index (κ1) is 31.5. The molecule has 13 heteroatoms. The molecule has 1 spiro atoms. The Labute approximate surface area is 250 Å². The van der Waals surface area contributed by atoms with Gasteiger partial charge in [0.25, 0.3) is 5.91 Å². The molecule has 1 aliphatic carbocycles. The van der Waals surface area contributed by atoms with Crippen LogP contribution >= 0.6 is 0 Å². The van der Waals surface area contributed by atoms with Crippen LogP contribution in [0.15, 0.2) is 29.2 Å². The van der Waals surface area contributed by atoms with Crippen molar-refractivity contribution in [3.05, 3.63) is 41.1 Å². The third kappa shape index (κ3) is 6.63. The van der Waals surface area contributed by atoms with Gasteiger partial charge in [-0.3, -0.25) is 9.59 Å². The number of carbonyl (C=O) groups excluding carboxylic acids is 2. The minimum Gasteiger partial charge on any atom is -0.369 e.